The monoisotopic (exact) mass is 207 g/mol. The fourth-order valence-corrected chi connectivity index (χ4v) is 1.73. The van der Waals surface area contributed by atoms with E-state index in [1.54, 1.807) is 6.92 Å². The van der Waals surface area contributed by atoms with Crippen LogP contribution >= 0.6 is 0 Å². The highest BCUT2D eigenvalue weighted by molar-refractivity contribution is 5.13. The average molecular weight is 207 g/mol. The predicted octanol–water partition coefficient (Wildman–Crippen LogP) is 1.80. The molecule has 1 N–H and O–H groups in total. The van der Waals surface area contributed by atoms with Crippen LogP contribution in [0.15, 0.2) is 12.7 Å². The second-order valence-corrected chi connectivity index (χ2v) is 4.39. The van der Waals surface area contributed by atoms with E-state index >= 15 is 0 Å². The maximum Gasteiger partial charge on any atom is 0.123 e. The molecule has 0 spiro atoms. The molecule has 0 bridgehead atoms. The first-order valence-corrected chi connectivity index (χ1v) is 5.70. The Kier molecular flexibility index (Phi) is 4.87. The van der Waals surface area contributed by atoms with Gasteiger partial charge < -0.3 is 5.11 Å². The van der Waals surface area contributed by atoms with Gasteiger partial charge in [0, 0.05) is 0 Å². The minimum absolute atomic E-state index is 0.670. The third-order valence-electron chi connectivity index (χ3n) is 2.69. The van der Waals surface area contributed by atoms with Gasteiger partial charge in [0.15, 0.2) is 0 Å². The molecule has 1 aliphatic heterocycles. The molecule has 1 rings (SSSR count). The Morgan fingerprint density at radius 3 is 2.73 bits per heavy atom. The van der Waals surface area contributed by atoms with Crippen LogP contribution in [0.25, 0.3) is 0 Å². The van der Waals surface area contributed by atoms with Crippen molar-refractivity contribution in [2.45, 2.75) is 38.2 Å². The lowest BCUT2D eigenvalue weighted by Crippen LogP contribution is -2.23. The molecule has 2 heteroatoms. The molecule has 0 radical (unpaired) electrons. The summed E-state index contributed by atoms with van der Waals surface area (Å²) in [7, 11) is 0. The van der Waals surface area contributed by atoms with Crippen molar-refractivity contribution in [3.8, 4) is 11.8 Å². The summed E-state index contributed by atoms with van der Waals surface area (Å²) < 4.78 is 0. The minimum atomic E-state index is -0.853. The van der Waals surface area contributed by atoms with Crippen LogP contribution in [0.4, 0.5) is 0 Å². The molecule has 0 aromatic rings. The summed E-state index contributed by atoms with van der Waals surface area (Å²) in [6, 6.07) is 0. The Morgan fingerprint density at radius 1 is 1.47 bits per heavy atom. The quantitative estimate of drug-likeness (QED) is 0.561. The topological polar surface area (TPSA) is 23.5 Å². The van der Waals surface area contributed by atoms with Crippen LogP contribution < -0.4 is 0 Å². The van der Waals surface area contributed by atoms with Gasteiger partial charge in [0.1, 0.15) is 5.60 Å². The number of aliphatic hydroxyl groups is 1. The lowest BCUT2D eigenvalue weighted by atomic mass is 10.0. The zero-order valence-corrected chi connectivity index (χ0v) is 9.63. The van der Waals surface area contributed by atoms with E-state index in [9.17, 15) is 5.11 Å². The van der Waals surface area contributed by atoms with E-state index in [4.69, 9.17) is 0 Å². The second kappa shape index (κ2) is 5.95. The Morgan fingerprint density at radius 2 is 2.13 bits per heavy atom. The van der Waals surface area contributed by atoms with Gasteiger partial charge >= 0.3 is 0 Å². The summed E-state index contributed by atoms with van der Waals surface area (Å²) in [5.74, 6) is 6.00. The third kappa shape index (κ3) is 5.01. The molecule has 0 unspecified atom stereocenters. The first-order chi connectivity index (χ1) is 7.14. The maximum atomic E-state index is 9.88. The fraction of sp³-hybridized carbons (Fsp3) is 0.692. The van der Waals surface area contributed by atoms with E-state index in [1.165, 1.54) is 12.8 Å². The van der Waals surface area contributed by atoms with E-state index in [1.807, 2.05) is 6.08 Å². The van der Waals surface area contributed by atoms with E-state index < -0.39 is 5.60 Å². The molecule has 0 aliphatic carbocycles. The van der Waals surface area contributed by atoms with Gasteiger partial charge in [-0.05, 0) is 45.7 Å². The van der Waals surface area contributed by atoms with Crippen molar-refractivity contribution < 1.29 is 5.11 Å². The lowest BCUT2D eigenvalue weighted by Gasteiger charge is -2.15. The van der Waals surface area contributed by atoms with Crippen molar-refractivity contribution in [3.63, 3.8) is 0 Å². The molecule has 0 amide bonds. The van der Waals surface area contributed by atoms with Crippen LogP contribution in [0, 0.1) is 11.8 Å². The van der Waals surface area contributed by atoms with E-state index in [0.717, 1.165) is 26.1 Å². The Balaban J connectivity index is 2.30. The van der Waals surface area contributed by atoms with Gasteiger partial charge in [0.25, 0.3) is 0 Å². The first kappa shape index (κ1) is 12.3. The summed E-state index contributed by atoms with van der Waals surface area (Å²) in [6.45, 7) is 8.52. The molecule has 84 valence electrons. The molecule has 2 nitrogen and oxygen atoms in total. The van der Waals surface area contributed by atoms with Crippen molar-refractivity contribution in [3.05, 3.63) is 12.7 Å². The normalized spacial score (nSPS) is 20.4. The number of hydrogen-bond donors (Lipinski definition) is 1. The molecule has 1 heterocycles. The van der Waals surface area contributed by atoms with Gasteiger partial charge in [-0.15, -0.1) is 6.58 Å². The van der Waals surface area contributed by atoms with Crippen molar-refractivity contribution in [2.24, 2.45) is 0 Å². The van der Waals surface area contributed by atoms with E-state index in [0.29, 0.717) is 6.42 Å². The van der Waals surface area contributed by atoms with Crippen molar-refractivity contribution in [1.82, 2.24) is 4.90 Å². The highest BCUT2D eigenvalue weighted by Gasteiger charge is 2.15. The fourth-order valence-electron chi connectivity index (χ4n) is 1.73. The van der Waals surface area contributed by atoms with Gasteiger partial charge in [0.05, 0.1) is 6.54 Å². The minimum Gasteiger partial charge on any atom is -0.378 e. The summed E-state index contributed by atoms with van der Waals surface area (Å²) in [5.41, 5.74) is -0.853. The molecule has 1 fully saturated rings. The van der Waals surface area contributed by atoms with Crippen LogP contribution in [0.1, 0.15) is 32.6 Å². The zero-order valence-electron chi connectivity index (χ0n) is 9.63. The first-order valence-electron chi connectivity index (χ1n) is 5.70. The van der Waals surface area contributed by atoms with E-state index in [-0.39, 0.29) is 0 Å². The van der Waals surface area contributed by atoms with Gasteiger partial charge in [0.2, 0.25) is 0 Å². The van der Waals surface area contributed by atoms with Crippen molar-refractivity contribution >= 4 is 0 Å². The highest BCUT2D eigenvalue weighted by atomic mass is 16.3. The molecule has 1 atom stereocenters. The number of hydrogen-bond acceptors (Lipinski definition) is 2. The third-order valence-corrected chi connectivity index (χ3v) is 2.69. The Bertz CT molecular complexity index is 253. The van der Waals surface area contributed by atoms with Crippen molar-refractivity contribution in [2.75, 3.05) is 19.6 Å². The molecule has 1 aliphatic rings. The van der Waals surface area contributed by atoms with Gasteiger partial charge in [-0.3, -0.25) is 4.90 Å². The number of nitrogens with zero attached hydrogens (tertiary/aromatic N) is 1. The summed E-state index contributed by atoms with van der Waals surface area (Å²) in [4.78, 5) is 2.33. The molecular weight excluding hydrogens is 186 g/mol. The Labute approximate surface area is 93.0 Å². The van der Waals surface area contributed by atoms with Crippen LogP contribution in [0.3, 0.4) is 0 Å². The lowest BCUT2D eigenvalue weighted by molar-refractivity contribution is 0.113. The molecule has 0 saturated carbocycles. The standard InChI is InChI=1S/C13H21NO/c1-3-4-8-13(2,15)9-7-12-14-10-5-6-11-14/h3,15H,1,4-6,8,10-12H2,2H3/t13-/m0/s1. The van der Waals surface area contributed by atoms with Gasteiger partial charge in [-0.25, -0.2) is 0 Å². The summed E-state index contributed by atoms with van der Waals surface area (Å²) in [6.07, 6.45) is 5.87. The van der Waals surface area contributed by atoms with Crippen LogP contribution in [0.2, 0.25) is 0 Å². The molecule has 0 aromatic carbocycles. The number of likely N-dealkylation sites (tertiary alicyclic amines) is 1. The van der Waals surface area contributed by atoms with Gasteiger partial charge in [-0.1, -0.05) is 17.9 Å². The average Bonchev–Trinajstić information content (AvgIpc) is 2.67. The van der Waals surface area contributed by atoms with Gasteiger partial charge in [-0.2, -0.15) is 0 Å². The zero-order chi connectivity index (χ0) is 11.1. The van der Waals surface area contributed by atoms with Crippen LogP contribution in [0.5, 0.6) is 0 Å². The largest absolute Gasteiger partial charge is 0.378 e. The smallest absolute Gasteiger partial charge is 0.123 e. The maximum absolute atomic E-state index is 9.88. The highest BCUT2D eigenvalue weighted by Crippen LogP contribution is 2.11. The predicted molar refractivity (Wildman–Crippen MR) is 63.5 cm³/mol. The van der Waals surface area contributed by atoms with E-state index in [2.05, 4.69) is 23.3 Å². The van der Waals surface area contributed by atoms with Crippen molar-refractivity contribution in [1.29, 1.82) is 0 Å². The number of allylic oxidation sites excluding steroid dienone is 1. The number of rotatable bonds is 4. The summed E-state index contributed by atoms with van der Waals surface area (Å²) in [5, 5.41) is 9.88. The Hall–Kier alpha value is -0.780. The second-order valence-electron chi connectivity index (χ2n) is 4.39. The SMILES string of the molecule is C=CCC[C@](C)(O)C#CCN1CCCC1. The molecule has 0 aromatic heterocycles. The molecular formula is C13H21NO. The van der Waals surface area contributed by atoms with Crippen LogP contribution in [-0.2, 0) is 0 Å². The summed E-state index contributed by atoms with van der Waals surface area (Å²) >= 11 is 0. The molecule has 1 saturated heterocycles. The van der Waals surface area contributed by atoms with Crippen LogP contribution in [-0.4, -0.2) is 35.2 Å². The molecule has 15 heavy (non-hydrogen) atoms.